The molecule has 0 saturated carbocycles. The van der Waals surface area contributed by atoms with Crippen molar-refractivity contribution in [3.8, 4) is 0 Å². The molecule has 0 fully saturated rings. The van der Waals surface area contributed by atoms with Gasteiger partial charge in [0.15, 0.2) is 5.78 Å². The molecule has 0 bridgehead atoms. The van der Waals surface area contributed by atoms with E-state index in [4.69, 9.17) is 0 Å². The summed E-state index contributed by atoms with van der Waals surface area (Å²) >= 11 is 1.43. The maximum Gasteiger partial charge on any atom is 0.186 e. The number of pyridine rings is 1. The van der Waals surface area contributed by atoms with Crippen LogP contribution in [-0.2, 0) is 0 Å². The number of hydrogen-bond acceptors (Lipinski definition) is 3. The van der Waals surface area contributed by atoms with Crippen molar-refractivity contribution >= 4 is 17.5 Å². The zero-order chi connectivity index (χ0) is 11.9. The average Bonchev–Trinajstić information content (AvgIpc) is 2.41. The minimum Gasteiger partial charge on any atom is -0.289 e. The fourth-order valence-electron chi connectivity index (χ4n) is 1.28. The first-order valence-corrected chi connectivity index (χ1v) is 6.08. The highest BCUT2D eigenvalue weighted by atomic mass is 32.2. The maximum atomic E-state index is 11.7. The molecule has 17 heavy (non-hydrogen) atoms. The van der Waals surface area contributed by atoms with Crippen molar-refractivity contribution in [2.75, 3.05) is 0 Å². The highest BCUT2D eigenvalue weighted by molar-refractivity contribution is 8.02. The second kappa shape index (κ2) is 6.01. The quantitative estimate of drug-likeness (QED) is 0.465. The molecule has 3 heteroatoms. The minimum atomic E-state index is 0.00836. The van der Waals surface area contributed by atoms with E-state index < -0.39 is 0 Å². The number of nitrogens with zero attached hydrogens (tertiary/aromatic N) is 1. The molecule has 0 atom stereocenters. The number of carbonyl (C=O) groups is 1. The number of allylic oxidation sites excluding steroid dienone is 1. The van der Waals surface area contributed by atoms with Gasteiger partial charge in [0.25, 0.3) is 0 Å². The predicted molar refractivity (Wildman–Crippen MR) is 70.0 cm³/mol. The monoisotopic (exact) mass is 241 g/mol. The number of aromatic nitrogens is 1. The normalized spacial score (nSPS) is 10.6. The van der Waals surface area contributed by atoms with E-state index in [2.05, 4.69) is 4.98 Å². The van der Waals surface area contributed by atoms with Crippen LogP contribution in [0.15, 0.2) is 71.2 Å². The van der Waals surface area contributed by atoms with Gasteiger partial charge in [0, 0.05) is 11.8 Å². The standard InChI is InChI=1S/C14H11NOS/c16-13(12-6-2-1-3-7-12)9-11-17-14-8-4-5-10-15-14/h1-11H. The summed E-state index contributed by atoms with van der Waals surface area (Å²) in [5, 5.41) is 2.64. The Bertz CT molecular complexity index is 508. The summed E-state index contributed by atoms with van der Waals surface area (Å²) in [6.07, 6.45) is 3.30. The summed E-state index contributed by atoms with van der Waals surface area (Å²) in [4.78, 5) is 15.9. The van der Waals surface area contributed by atoms with Crippen molar-refractivity contribution in [1.82, 2.24) is 4.98 Å². The van der Waals surface area contributed by atoms with Crippen molar-refractivity contribution in [2.24, 2.45) is 0 Å². The molecule has 0 spiro atoms. The third-order valence-electron chi connectivity index (χ3n) is 2.10. The molecule has 0 radical (unpaired) electrons. The lowest BCUT2D eigenvalue weighted by atomic mass is 10.1. The lowest BCUT2D eigenvalue weighted by Crippen LogP contribution is -1.92. The van der Waals surface area contributed by atoms with Crippen molar-refractivity contribution in [3.05, 3.63) is 71.8 Å². The van der Waals surface area contributed by atoms with Gasteiger partial charge in [0.2, 0.25) is 0 Å². The first-order valence-electron chi connectivity index (χ1n) is 5.20. The summed E-state index contributed by atoms with van der Waals surface area (Å²) in [5.41, 5.74) is 0.699. The molecular weight excluding hydrogens is 230 g/mol. The molecular formula is C14H11NOS. The van der Waals surface area contributed by atoms with Crippen molar-refractivity contribution in [2.45, 2.75) is 5.03 Å². The van der Waals surface area contributed by atoms with E-state index in [0.29, 0.717) is 5.56 Å². The Morgan fingerprint density at radius 2 is 1.82 bits per heavy atom. The Balaban J connectivity index is 1.96. The van der Waals surface area contributed by atoms with E-state index in [9.17, 15) is 4.79 Å². The van der Waals surface area contributed by atoms with Crippen LogP contribution in [0.25, 0.3) is 0 Å². The number of hydrogen-bond donors (Lipinski definition) is 0. The highest BCUT2D eigenvalue weighted by Gasteiger charge is 1.99. The average molecular weight is 241 g/mol. The second-order valence-corrected chi connectivity index (χ2v) is 4.24. The smallest absolute Gasteiger partial charge is 0.186 e. The summed E-state index contributed by atoms with van der Waals surface area (Å²) in [7, 11) is 0. The van der Waals surface area contributed by atoms with E-state index in [1.54, 1.807) is 29.8 Å². The van der Waals surface area contributed by atoms with Gasteiger partial charge in [-0.2, -0.15) is 0 Å². The third kappa shape index (κ3) is 3.57. The van der Waals surface area contributed by atoms with Crippen molar-refractivity contribution in [1.29, 1.82) is 0 Å². The Kier molecular flexibility index (Phi) is 4.11. The highest BCUT2D eigenvalue weighted by Crippen LogP contribution is 2.15. The van der Waals surface area contributed by atoms with Crippen LogP contribution in [0.2, 0.25) is 0 Å². The molecule has 2 aromatic rings. The Morgan fingerprint density at radius 3 is 2.53 bits per heavy atom. The summed E-state index contributed by atoms with van der Waals surface area (Å²) in [5.74, 6) is 0.00836. The van der Waals surface area contributed by atoms with Gasteiger partial charge in [-0.3, -0.25) is 4.79 Å². The van der Waals surface area contributed by atoms with Crippen molar-refractivity contribution < 1.29 is 4.79 Å². The van der Waals surface area contributed by atoms with Crippen LogP contribution in [0.3, 0.4) is 0 Å². The molecule has 2 rings (SSSR count). The van der Waals surface area contributed by atoms with Crippen LogP contribution in [0.1, 0.15) is 10.4 Å². The van der Waals surface area contributed by atoms with Crippen LogP contribution in [0.5, 0.6) is 0 Å². The molecule has 1 aromatic carbocycles. The Hall–Kier alpha value is -1.87. The molecule has 84 valence electrons. The largest absolute Gasteiger partial charge is 0.289 e. The first-order chi connectivity index (χ1) is 8.36. The van der Waals surface area contributed by atoms with Gasteiger partial charge in [-0.1, -0.05) is 48.2 Å². The van der Waals surface area contributed by atoms with Crippen LogP contribution < -0.4 is 0 Å². The van der Waals surface area contributed by atoms with Crippen LogP contribution >= 0.6 is 11.8 Å². The van der Waals surface area contributed by atoms with Crippen LogP contribution in [0.4, 0.5) is 0 Å². The van der Waals surface area contributed by atoms with Crippen molar-refractivity contribution in [3.63, 3.8) is 0 Å². The molecule has 1 heterocycles. The van der Waals surface area contributed by atoms with Gasteiger partial charge in [-0.05, 0) is 23.6 Å². The van der Waals surface area contributed by atoms with E-state index in [0.717, 1.165) is 5.03 Å². The fourth-order valence-corrected chi connectivity index (χ4v) is 1.89. The molecule has 2 nitrogen and oxygen atoms in total. The fraction of sp³-hybridized carbons (Fsp3) is 0. The van der Waals surface area contributed by atoms with Gasteiger partial charge in [-0.25, -0.2) is 4.98 Å². The second-order valence-electron chi connectivity index (χ2n) is 3.32. The van der Waals surface area contributed by atoms with Gasteiger partial charge in [0.1, 0.15) is 5.03 Å². The van der Waals surface area contributed by atoms with E-state index in [1.807, 2.05) is 36.4 Å². The molecule has 0 aliphatic rings. The topological polar surface area (TPSA) is 30.0 Å². The van der Waals surface area contributed by atoms with Gasteiger partial charge in [0.05, 0.1) is 0 Å². The maximum absolute atomic E-state index is 11.7. The number of ketones is 1. The molecule has 0 saturated heterocycles. The molecule has 0 amide bonds. The first kappa shape index (κ1) is 11.6. The SMILES string of the molecule is O=C(C=CSc1ccccn1)c1ccccc1. The zero-order valence-electron chi connectivity index (χ0n) is 9.11. The Labute approximate surface area is 104 Å². The van der Waals surface area contributed by atoms with Crippen LogP contribution in [-0.4, -0.2) is 10.8 Å². The minimum absolute atomic E-state index is 0.00836. The molecule has 0 N–H and O–H groups in total. The van der Waals surface area contributed by atoms with E-state index in [-0.39, 0.29) is 5.78 Å². The number of carbonyl (C=O) groups excluding carboxylic acids is 1. The zero-order valence-corrected chi connectivity index (χ0v) is 9.93. The molecule has 0 unspecified atom stereocenters. The van der Waals surface area contributed by atoms with E-state index >= 15 is 0 Å². The Morgan fingerprint density at radius 1 is 1.06 bits per heavy atom. The number of rotatable bonds is 4. The number of thioether (sulfide) groups is 1. The van der Waals surface area contributed by atoms with Gasteiger partial charge in [-0.15, -0.1) is 0 Å². The summed E-state index contributed by atoms with van der Waals surface area (Å²) in [6, 6.07) is 14.9. The third-order valence-corrected chi connectivity index (χ3v) is 2.86. The van der Waals surface area contributed by atoms with Crippen LogP contribution in [0, 0.1) is 0 Å². The van der Waals surface area contributed by atoms with Gasteiger partial charge < -0.3 is 0 Å². The summed E-state index contributed by atoms with van der Waals surface area (Å²) in [6.45, 7) is 0. The predicted octanol–water partition coefficient (Wildman–Crippen LogP) is 3.57. The molecule has 0 aliphatic heterocycles. The summed E-state index contributed by atoms with van der Waals surface area (Å²) < 4.78 is 0. The molecule has 0 aliphatic carbocycles. The lowest BCUT2D eigenvalue weighted by Gasteiger charge is -1.94. The molecule has 1 aromatic heterocycles. The van der Waals surface area contributed by atoms with E-state index in [1.165, 1.54) is 11.8 Å². The lowest BCUT2D eigenvalue weighted by molar-refractivity contribution is 0.104. The van der Waals surface area contributed by atoms with Gasteiger partial charge >= 0.3 is 0 Å². The number of benzene rings is 1.